The third-order valence-corrected chi connectivity index (χ3v) is 4.81. The molecule has 1 atom stereocenters. The van der Waals surface area contributed by atoms with Gasteiger partial charge in [0.25, 0.3) is 0 Å². The second-order valence-corrected chi connectivity index (χ2v) is 7.19. The molecule has 0 aromatic heterocycles. The van der Waals surface area contributed by atoms with E-state index in [1.165, 1.54) is 12.8 Å². The number of sulfonamides is 1. The molecule has 1 aliphatic rings. The first kappa shape index (κ1) is 16.4. The topological polar surface area (TPSA) is 67.4 Å². The van der Waals surface area contributed by atoms with Crippen LogP contribution >= 0.6 is 0 Å². The Morgan fingerprint density at radius 1 is 1.38 bits per heavy atom. The van der Waals surface area contributed by atoms with E-state index in [0.717, 1.165) is 5.56 Å². The van der Waals surface area contributed by atoms with Gasteiger partial charge >= 0.3 is 0 Å². The van der Waals surface area contributed by atoms with Crippen molar-refractivity contribution in [3.05, 3.63) is 29.8 Å². The molecular weight excluding hydrogens is 288 g/mol. The molecule has 1 aromatic carbocycles. The van der Waals surface area contributed by atoms with Gasteiger partial charge < -0.3 is 10.1 Å². The number of hydrogen-bond acceptors (Lipinski definition) is 4. The highest BCUT2D eigenvalue weighted by molar-refractivity contribution is 7.89. The molecule has 0 bridgehead atoms. The van der Waals surface area contributed by atoms with E-state index >= 15 is 0 Å². The number of ether oxygens (including phenoxy) is 1. The van der Waals surface area contributed by atoms with Gasteiger partial charge in [0.05, 0.1) is 11.0 Å². The maximum atomic E-state index is 12.3. The lowest BCUT2D eigenvalue weighted by atomic mass is 10.2. The SMILES string of the molecule is CCOC(C)CNS(=O)(=O)c1cccc(CNC2CC2)c1. The zero-order valence-corrected chi connectivity index (χ0v) is 13.4. The predicted octanol–water partition coefficient (Wildman–Crippen LogP) is 1.64. The van der Waals surface area contributed by atoms with Gasteiger partial charge in [-0.25, -0.2) is 13.1 Å². The molecular formula is C15H24N2O3S. The summed E-state index contributed by atoms with van der Waals surface area (Å²) in [5.41, 5.74) is 0.989. The van der Waals surface area contributed by atoms with Crippen LogP contribution in [0.15, 0.2) is 29.2 Å². The summed E-state index contributed by atoms with van der Waals surface area (Å²) in [6.45, 7) is 5.30. The average Bonchev–Trinajstić information content (AvgIpc) is 3.28. The molecule has 5 nitrogen and oxygen atoms in total. The maximum absolute atomic E-state index is 12.3. The lowest BCUT2D eigenvalue weighted by molar-refractivity contribution is 0.0799. The molecule has 6 heteroatoms. The Bertz CT molecular complexity index is 556. The van der Waals surface area contributed by atoms with Crippen LogP contribution < -0.4 is 10.0 Å². The second kappa shape index (κ2) is 7.35. The number of hydrogen-bond donors (Lipinski definition) is 2. The molecule has 118 valence electrons. The van der Waals surface area contributed by atoms with Gasteiger partial charge in [0.2, 0.25) is 10.0 Å². The molecule has 0 amide bonds. The summed E-state index contributed by atoms with van der Waals surface area (Å²) in [6.07, 6.45) is 2.30. The van der Waals surface area contributed by atoms with Crippen LogP contribution in [0.25, 0.3) is 0 Å². The van der Waals surface area contributed by atoms with E-state index in [2.05, 4.69) is 10.0 Å². The average molecular weight is 312 g/mol. The van der Waals surface area contributed by atoms with Crippen LogP contribution in [0.5, 0.6) is 0 Å². The molecule has 1 aliphatic carbocycles. The second-order valence-electron chi connectivity index (χ2n) is 5.42. The Morgan fingerprint density at radius 3 is 2.81 bits per heavy atom. The molecule has 0 radical (unpaired) electrons. The molecule has 1 unspecified atom stereocenters. The zero-order valence-electron chi connectivity index (χ0n) is 12.6. The first-order valence-corrected chi connectivity index (χ1v) is 8.93. The quantitative estimate of drug-likeness (QED) is 0.727. The minimum atomic E-state index is -3.48. The van der Waals surface area contributed by atoms with Gasteiger partial charge in [-0.1, -0.05) is 12.1 Å². The molecule has 0 spiro atoms. The molecule has 1 fully saturated rings. The molecule has 0 aliphatic heterocycles. The van der Waals surface area contributed by atoms with E-state index in [0.29, 0.717) is 24.1 Å². The van der Waals surface area contributed by atoms with E-state index in [1.54, 1.807) is 18.2 Å². The normalized spacial score (nSPS) is 16.9. The summed E-state index contributed by atoms with van der Waals surface area (Å²) in [5, 5.41) is 3.38. The van der Waals surface area contributed by atoms with Crippen LogP contribution in [0.3, 0.4) is 0 Å². The van der Waals surface area contributed by atoms with Crippen molar-refractivity contribution >= 4 is 10.0 Å². The summed E-state index contributed by atoms with van der Waals surface area (Å²) in [5.74, 6) is 0. The standard InChI is InChI=1S/C15H24N2O3S/c1-3-20-12(2)10-17-21(18,19)15-6-4-5-13(9-15)11-16-14-7-8-14/h4-6,9,12,14,16-17H,3,7-8,10-11H2,1-2H3. The van der Waals surface area contributed by atoms with Crippen LogP contribution in [0.1, 0.15) is 32.3 Å². The molecule has 0 saturated heterocycles. The fourth-order valence-electron chi connectivity index (χ4n) is 2.03. The van der Waals surface area contributed by atoms with E-state index in [-0.39, 0.29) is 12.6 Å². The first-order chi connectivity index (χ1) is 10.0. The largest absolute Gasteiger partial charge is 0.377 e. The van der Waals surface area contributed by atoms with E-state index in [9.17, 15) is 8.42 Å². The van der Waals surface area contributed by atoms with Gasteiger partial charge in [0.1, 0.15) is 0 Å². The minimum Gasteiger partial charge on any atom is -0.377 e. The number of benzene rings is 1. The van der Waals surface area contributed by atoms with Crippen molar-refractivity contribution in [2.45, 2.75) is 50.3 Å². The molecule has 21 heavy (non-hydrogen) atoms. The van der Waals surface area contributed by atoms with Crippen LogP contribution in [0.2, 0.25) is 0 Å². The Balaban J connectivity index is 1.96. The highest BCUT2D eigenvalue weighted by atomic mass is 32.2. The van der Waals surface area contributed by atoms with Crippen molar-refractivity contribution in [1.29, 1.82) is 0 Å². The number of rotatable bonds is 9. The van der Waals surface area contributed by atoms with Crippen molar-refractivity contribution < 1.29 is 13.2 Å². The Hall–Kier alpha value is -0.950. The lowest BCUT2D eigenvalue weighted by Gasteiger charge is -2.13. The lowest BCUT2D eigenvalue weighted by Crippen LogP contribution is -2.32. The predicted molar refractivity (Wildman–Crippen MR) is 82.6 cm³/mol. The van der Waals surface area contributed by atoms with Gasteiger partial charge in [-0.15, -0.1) is 0 Å². The van der Waals surface area contributed by atoms with Crippen LogP contribution in [0.4, 0.5) is 0 Å². The summed E-state index contributed by atoms with van der Waals surface area (Å²) in [6, 6.07) is 7.68. The third kappa shape index (κ3) is 5.39. The van der Waals surface area contributed by atoms with E-state index < -0.39 is 10.0 Å². The van der Waals surface area contributed by atoms with Crippen molar-refractivity contribution in [1.82, 2.24) is 10.0 Å². The van der Waals surface area contributed by atoms with Gasteiger partial charge in [-0.05, 0) is 44.4 Å². The van der Waals surface area contributed by atoms with Gasteiger partial charge in [0.15, 0.2) is 0 Å². The highest BCUT2D eigenvalue weighted by Gasteiger charge is 2.20. The Labute approximate surface area is 127 Å². The van der Waals surface area contributed by atoms with E-state index in [4.69, 9.17) is 4.74 Å². The molecule has 1 aromatic rings. The molecule has 2 rings (SSSR count). The third-order valence-electron chi connectivity index (χ3n) is 3.39. The van der Waals surface area contributed by atoms with E-state index in [1.807, 2.05) is 19.9 Å². The van der Waals surface area contributed by atoms with Gasteiger partial charge in [0, 0.05) is 25.7 Å². The highest BCUT2D eigenvalue weighted by Crippen LogP contribution is 2.20. The fourth-order valence-corrected chi connectivity index (χ4v) is 3.21. The Kier molecular flexibility index (Phi) is 5.75. The zero-order chi connectivity index (χ0) is 15.3. The van der Waals surface area contributed by atoms with Crippen molar-refractivity contribution in [3.8, 4) is 0 Å². The van der Waals surface area contributed by atoms with Gasteiger partial charge in [-0.3, -0.25) is 0 Å². The van der Waals surface area contributed by atoms with Crippen LogP contribution in [-0.2, 0) is 21.3 Å². The number of nitrogens with one attached hydrogen (secondary N) is 2. The molecule has 1 saturated carbocycles. The maximum Gasteiger partial charge on any atom is 0.240 e. The summed E-state index contributed by atoms with van der Waals surface area (Å²) in [4.78, 5) is 0.307. The molecule has 0 heterocycles. The summed E-state index contributed by atoms with van der Waals surface area (Å²) >= 11 is 0. The van der Waals surface area contributed by atoms with Crippen LogP contribution in [-0.4, -0.2) is 33.7 Å². The first-order valence-electron chi connectivity index (χ1n) is 7.45. The summed E-state index contributed by atoms with van der Waals surface area (Å²) in [7, 11) is -3.48. The minimum absolute atomic E-state index is 0.135. The smallest absolute Gasteiger partial charge is 0.240 e. The van der Waals surface area contributed by atoms with Crippen LogP contribution in [0, 0.1) is 0 Å². The van der Waals surface area contributed by atoms with Gasteiger partial charge in [-0.2, -0.15) is 0 Å². The fraction of sp³-hybridized carbons (Fsp3) is 0.600. The van der Waals surface area contributed by atoms with Crippen molar-refractivity contribution in [2.75, 3.05) is 13.2 Å². The molecule has 2 N–H and O–H groups in total. The summed E-state index contributed by atoms with van der Waals surface area (Å²) < 4.78 is 32.4. The Morgan fingerprint density at radius 2 is 2.14 bits per heavy atom. The monoisotopic (exact) mass is 312 g/mol. The van der Waals surface area contributed by atoms with Crippen molar-refractivity contribution in [3.63, 3.8) is 0 Å². The van der Waals surface area contributed by atoms with Crippen molar-refractivity contribution in [2.24, 2.45) is 0 Å².